The van der Waals surface area contributed by atoms with Gasteiger partial charge in [0.1, 0.15) is 6.34 Å². The highest BCUT2D eigenvalue weighted by Crippen LogP contribution is 2.16. The van der Waals surface area contributed by atoms with Gasteiger partial charge < -0.3 is 0 Å². The number of hydrogen-bond acceptors (Lipinski definition) is 2. The molecule has 0 bridgehead atoms. The lowest BCUT2D eigenvalue weighted by Crippen LogP contribution is -2.16. The van der Waals surface area contributed by atoms with E-state index in [4.69, 9.17) is 0 Å². The van der Waals surface area contributed by atoms with E-state index < -0.39 is 0 Å². The molecule has 0 aromatic carbocycles. The van der Waals surface area contributed by atoms with E-state index in [9.17, 15) is 0 Å². The van der Waals surface area contributed by atoms with Crippen LogP contribution in [-0.4, -0.2) is 18.1 Å². The molecule has 0 radical (unpaired) electrons. The maximum atomic E-state index is 4.26. The molecule has 0 spiro atoms. The molecule has 1 aliphatic heterocycles. The first kappa shape index (κ1) is 7.19. The molecule has 1 aliphatic rings. The Kier molecular flexibility index (Phi) is 2.00. The van der Waals surface area contributed by atoms with Crippen molar-refractivity contribution in [3.63, 3.8) is 0 Å². The lowest BCUT2D eigenvalue weighted by Gasteiger charge is -2.16. The molecule has 0 N–H and O–H groups in total. The molecule has 0 saturated carbocycles. The van der Waals surface area contributed by atoms with Gasteiger partial charge in [-0.2, -0.15) is 0 Å². The van der Waals surface area contributed by atoms with Gasteiger partial charge >= 0.3 is 0 Å². The summed E-state index contributed by atoms with van der Waals surface area (Å²) in [4.78, 5) is 8.17. The molecule has 1 unspecified atom stereocenters. The van der Waals surface area contributed by atoms with Gasteiger partial charge in [-0.3, -0.25) is 4.99 Å². The Labute approximate surface area is 61.4 Å². The lowest BCUT2D eigenvalue weighted by atomic mass is 10.00. The predicted octanol–water partition coefficient (Wildman–Crippen LogP) is 1.82. The second kappa shape index (κ2) is 2.78. The smallest absolute Gasteiger partial charge is 0.110 e. The number of aliphatic imine (C=N–C) groups is 2. The van der Waals surface area contributed by atoms with E-state index in [-0.39, 0.29) is 5.54 Å². The number of allylic oxidation sites excluding steroid dienone is 1. The molecule has 0 aromatic rings. The van der Waals surface area contributed by atoms with Gasteiger partial charge in [0.2, 0.25) is 0 Å². The summed E-state index contributed by atoms with van der Waals surface area (Å²) in [5.74, 6) is 0. The van der Waals surface area contributed by atoms with Crippen LogP contribution in [0.25, 0.3) is 0 Å². The van der Waals surface area contributed by atoms with Crippen LogP contribution in [0.5, 0.6) is 0 Å². The molecule has 1 heterocycles. The molecule has 0 aromatic heterocycles. The van der Waals surface area contributed by atoms with Crippen molar-refractivity contribution < 1.29 is 0 Å². The third kappa shape index (κ3) is 1.53. The van der Waals surface area contributed by atoms with Crippen LogP contribution < -0.4 is 0 Å². The maximum absolute atomic E-state index is 4.26. The molecule has 2 nitrogen and oxygen atoms in total. The number of rotatable bonds is 1. The van der Waals surface area contributed by atoms with Gasteiger partial charge in [0, 0.05) is 6.21 Å². The number of nitrogens with zero attached hydrogens (tertiary/aromatic N) is 2. The van der Waals surface area contributed by atoms with Crippen molar-refractivity contribution in [2.75, 3.05) is 0 Å². The van der Waals surface area contributed by atoms with E-state index in [1.165, 1.54) is 0 Å². The highest BCUT2D eigenvalue weighted by molar-refractivity contribution is 5.81. The van der Waals surface area contributed by atoms with Crippen LogP contribution in [0.4, 0.5) is 0 Å². The van der Waals surface area contributed by atoms with Gasteiger partial charge in [-0.05, 0) is 19.4 Å². The molecule has 0 fully saturated rings. The van der Waals surface area contributed by atoms with E-state index in [1.807, 2.05) is 6.08 Å². The SMILES string of the molecule is CCC1(C)C=CC=NC=N1. The molecule has 54 valence electrons. The summed E-state index contributed by atoms with van der Waals surface area (Å²) in [6.07, 6.45) is 8.40. The maximum Gasteiger partial charge on any atom is 0.110 e. The average Bonchev–Trinajstić information content (AvgIpc) is 2.15. The highest BCUT2D eigenvalue weighted by atomic mass is 14.9. The molecule has 0 saturated heterocycles. The van der Waals surface area contributed by atoms with Gasteiger partial charge in [0.25, 0.3) is 0 Å². The molecule has 10 heavy (non-hydrogen) atoms. The van der Waals surface area contributed by atoms with E-state index in [1.54, 1.807) is 12.6 Å². The van der Waals surface area contributed by atoms with Crippen molar-refractivity contribution in [2.24, 2.45) is 9.98 Å². The summed E-state index contributed by atoms with van der Waals surface area (Å²) in [5, 5.41) is 0. The summed E-state index contributed by atoms with van der Waals surface area (Å²) in [5.41, 5.74) is -0.0312. The van der Waals surface area contributed by atoms with Crippen molar-refractivity contribution in [3.05, 3.63) is 12.2 Å². The standard InChI is InChI=1S/C8H12N2/c1-3-8(2)5-4-6-9-7-10-8/h4-7H,3H2,1-2H3. The van der Waals surface area contributed by atoms with Gasteiger partial charge in [0.15, 0.2) is 0 Å². The molecular weight excluding hydrogens is 124 g/mol. The highest BCUT2D eigenvalue weighted by Gasteiger charge is 2.15. The molecule has 0 aliphatic carbocycles. The van der Waals surface area contributed by atoms with Crippen LogP contribution in [0.1, 0.15) is 20.3 Å². The van der Waals surface area contributed by atoms with Crippen LogP contribution >= 0.6 is 0 Å². The van der Waals surface area contributed by atoms with Crippen LogP contribution in [0.15, 0.2) is 22.1 Å². The topological polar surface area (TPSA) is 24.7 Å². The van der Waals surface area contributed by atoms with Crippen LogP contribution in [0.2, 0.25) is 0 Å². The summed E-state index contributed by atoms with van der Waals surface area (Å²) in [6.45, 7) is 4.21. The summed E-state index contributed by atoms with van der Waals surface area (Å²) in [6, 6.07) is 0. The third-order valence-corrected chi connectivity index (χ3v) is 1.76. The van der Waals surface area contributed by atoms with Crippen LogP contribution in [-0.2, 0) is 0 Å². The van der Waals surface area contributed by atoms with Gasteiger partial charge in [-0.15, -0.1) is 0 Å². The summed E-state index contributed by atoms with van der Waals surface area (Å²) < 4.78 is 0. The first-order valence-electron chi connectivity index (χ1n) is 3.51. The zero-order valence-electron chi connectivity index (χ0n) is 6.41. The summed E-state index contributed by atoms with van der Waals surface area (Å²) >= 11 is 0. The van der Waals surface area contributed by atoms with E-state index in [2.05, 4.69) is 29.9 Å². The van der Waals surface area contributed by atoms with Gasteiger partial charge in [-0.1, -0.05) is 13.0 Å². The molecular formula is C8H12N2. The average molecular weight is 136 g/mol. The zero-order chi connectivity index (χ0) is 7.45. The van der Waals surface area contributed by atoms with Crippen molar-refractivity contribution in [2.45, 2.75) is 25.8 Å². The normalized spacial score (nSPS) is 30.6. The Morgan fingerprint density at radius 3 is 3.00 bits per heavy atom. The largest absolute Gasteiger partial charge is 0.263 e. The monoisotopic (exact) mass is 136 g/mol. The van der Waals surface area contributed by atoms with Crippen molar-refractivity contribution in [1.29, 1.82) is 0 Å². The first-order valence-corrected chi connectivity index (χ1v) is 3.51. The minimum absolute atomic E-state index is 0.0312. The summed E-state index contributed by atoms with van der Waals surface area (Å²) in [7, 11) is 0. The van der Waals surface area contributed by atoms with Gasteiger partial charge in [0.05, 0.1) is 5.54 Å². The lowest BCUT2D eigenvalue weighted by molar-refractivity contribution is 0.570. The zero-order valence-corrected chi connectivity index (χ0v) is 6.41. The van der Waals surface area contributed by atoms with E-state index in [0.29, 0.717) is 0 Å². The Hall–Kier alpha value is -0.920. The Bertz CT molecular complexity index is 173. The fraction of sp³-hybridized carbons (Fsp3) is 0.500. The fourth-order valence-corrected chi connectivity index (χ4v) is 0.756. The first-order chi connectivity index (χ1) is 4.77. The van der Waals surface area contributed by atoms with E-state index in [0.717, 1.165) is 6.42 Å². The fourth-order valence-electron chi connectivity index (χ4n) is 0.756. The Morgan fingerprint density at radius 1 is 1.50 bits per heavy atom. The second-order valence-electron chi connectivity index (χ2n) is 2.61. The number of hydrogen-bond donors (Lipinski definition) is 0. The second-order valence-corrected chi connectivity index (χ2v) is 2.61. The van der Waals surface area contributed by atoms with Crippen molar-refractivity contribution >= 4 is 12.6 Å². The molecule has 1 atom stereocenters. The van der Waals surface area contributed by atoms with Crippen LogP contribution in [0, 0.1) is 0 Å². The van der Waals surface area contributed by atoms with E-state index >= 15 is 0 Å². The Morgan fingerprint density at radius 2 is 2.30 bits per heavy atom. The van der Waals surface area contributed by atoms with Crippen LogP contribution in [0.3, 0.4) is 0 Å². The third-order valence-electron chi connectivity index (χ3n) is 1.76. The quantitative estimate of drug-likeness (QED) is 0.525. The predicted molar refractivity (Wildman–Crippen MR) is 44.8 cm³/mol. The Balaban J connectivity index is 2.80. The molecule has 1 rings (SSSR count). The molecule has 0 amide bonds. The molecule has 2 heteroatoms. The van der Waals surface area contributed by atoms with Gasteiger partial charge in [-0.25, -0.2) is 4.99 Å². The van der Waals surface area contributed by atoms with Crippen molar-refractivity contribution in [3.8, 4) is 0 Å². The minimum Gasteiger partial charge on any atom is -0.263 e. The minimum atomic E-state index is -0.0312. The van der Waals surface area contributed by atoms with Crippen molar-refractivity contribution in [1.82, 2.24) is 0 Å².